The van der Waals surface area contributed by atoms with Crippen LogP contribution < -0.4 is 11.1 Å². The van der Waals surface area contributed by atoms with E-state index in [1.807, 2.05) is 18.2 Å². The molecule has 1 unspecified atom stereocenters. The second-order valence-electron chi connectivity index (χ2n) is 3.39. The molecule has 1 amide bonds. The molecule has 3 heteroatoms. The molecule has 1 aliphatic rings. The van der Waals surface area contributed by atoms with Crippen LogP contribution in [0.25, 0.3) is 6.08 Å². The Bertz CT molecular complexity index is 398. The molecule has 1 heterocycles. The number of rotatable bonds is 1. The summed E-state index contributed by atoms with van der Waals surface area (Å²) in [5.41, 5.74) is 8.53. The summed E-state index contributed by atoms with van der Waals surface area (Å²) in [4.78, 5) is 11.4. The first-order valence-corrected chi connectivity index (χ1v) is 4.53. The van der Waals surface area contributed by atoms with Gasteiger partial charge in [-0.3, -0.25) is 4.79 Å². The number of nitrogens with one attached hydrogen (secondary N) is 1. The van der Waals surface area contributed by atoms with Crippen molar-refractivity contribution in [3.05, 3.63) is 35.9 Å². The van der Waals surface area contributed by atoms with Gasteiger partial charge in [-0.2, -0.15) is 0 Å². The minimum atomic E-state index is -0.428. The molecule has 2 rings (SSSR count). The van der Waals surface area contributed by atoms with Crippen LogP contribution in [0.3, 0.4) is 0 Å². The molecule has 14 heavy (non-hydrogen) atoms. The average molecular weight is 188 g/mol. The van der Waals surface area contributed by atoms with Gasteiger partial charge in [0.2, 0.25) is 5.91 Å². The highest BCUT2D eigenvalue weighted by Gasteiger charge is 2.23. The van der Waals surface area contributed by atoms with Crippen LogP contribution in [-0.2, 0) is 11.2 Å². The van der Waals surface area contributed by atoms with Gasteiger partial charge in [-0.1, -0.05) is 30.9 Å². The number of hydrogen-bond donors (Lipinski definition) is 2. The van der Waals surface area contributed by atoms with Crippen LogP contribution in [0.1, 0.15) is 11.1 Å². The lowest BCUT2D eigenvalue weighted by Crippen LogP contribution is -2.41. The first-order valence-electron chi connectivity index (χ1n) is 4.53. The van der Waals surface area contributed by atoms with Crippen molar-refractivity contribution in [1.29, 1.82) is 0 Å². The standard InChI is InChI=1S/C11H12N2O/c1-2-7-4-3-5-8-6-9(12)11(14)13-10(7)8/h2-5,9H,1,6,12H2,(H,13,14). The average Bonchev–Trinajstić information content (AvgIpc) is 2.19. The van der Waals surface area contributed by atoms with Crippen LogP contribution in [0.15, 0.2) is 24.8 Å². The Labute approximate surface area is 82.6 Å². The molecule has 0 aliphatic carbocycles. The van der Waals surface area contributed by atoms with Crippen molar-refractivity contribution >= 4 is 17.7 Å². The van der Waals surface area contributed by atoms with Crippen LogP contribution in [0.2, 0.25) is 0 Å². The summed E-state index contributed by atoms with van der Waals surface area (Å²) in [5.74, 6) is -0.119. The number of para-hydroxylation sites is 1. The van der Waals surface area contributed by atoms with Gasteiger partial charge in [-0.25, -0.2) is 0 Å². The van der Waals surface area contributed by atoms with Gasteiger partial charge in [0.25, 0.3) is 0 Å². The van der Waals surface area contributed by atoms with E-state index in [1.54, 1.807) is 6.08 Å². The summed E-state index contributed by atoms with van der Waals surface area (Å²) in [7, 11) is 0. The third-order valence-corrected chi connectivity index (χ3v) is 2.43. The molecular formula is C11H12N2O. The Morgan fingerprint density at radius 1 is 1.57 bits per heavy atom. The van der Waals surface area contributed by atoms with Gasteiger partial charge in [0.15, 0.2) is 0 Å². The molecule has 0 saturated heterocycles. The van der Waals surface area contributed by atoms with Gasteiger partial charge in [-0.15, -0.1) is 0 Å². The second kappa shape index (κ2) is 3.27. The first kappa shape index (κ1) is 8.97. The number of fused-ring (bicyclic) bond motifs is 1. The minimum Gasteiger partial charge on any atom is -0.324 e. The summed E-state index contributed by atoms with van der Waals surface area (Å²) in [6.07, 6.45) is 2.33. The highest BCUT2D eigenvalue weighted by atomic mass is 16.2. The quantitative estimate of drug-likeness (QED) is 0.694. The Morgan fingerprint density at radius 3 is 3.07 bits per heavy atom. The number of nitrogens with two attached hydrogens (primary N) is 1. The van der Waals surface area contributed by atoms with Crippen LogP contribution >= 0.6 is 0 Å². The van der Waals surface area contributed by atoms with E-state index in [0.29, 0.717) is 6.42 Å². The van der Waals surface area contributed by atoms with Crippen molar-refractivity contribution in [3.63, 3.8) is 0 Å². The van der Waals surface area contributed by atoms with Gasteiger partial charge in [0.05, 0.1) is 11.7 Å². The fourth-order valence-electron chi connectivity index (χ4n) is 1.66. The lowest BCUT2D eigenvalue weighted by molar-refractivity contribution is -0.117. The Hall–Kier alpha value is -1.61. The largest absolute Gasteiger partial charge is 0.324 e. The zero-order valence-electron chi connectivity index (χ0n) is 7.79. The van der Waals surface area contributed by atoms with Crippen LogP contribution in [0.4, 0.5) is 5.69 Å². The SMILES string of the molecule is C=Cc1cccc2c1NC(=O)C(N)C2. The number of carbonyl (C=O) groups is 1. The molecule has 0 aromatic heterocycles. The topological polar surface area (TPSA) is 55.1 Å². The third kappa shape index (κ3) is 1.32. The molecule has 0 bridgehead atoms. The van der Waals surface area contributed by atoms with E-state index < -0.39 is 6.04 Å². The van der Waals surface area contributed by atoms with E-state index in [-0.39, 0.29) is 5.91 Å². The molecule has 0 fully saturated rings. The van der Waals surface area contributed by atoms with Gasteiger partial charge in [0.1, 0.15) is 0 Å². The number of carbonyl (C=O) groups excluding carboxylic acids is 1. The summed E-state index contributed by atoms with van der Waals surface area (Å²) in [6.45, 7) is 3.70. The Morgan fingerprint density at radius 2 is 2.36 bits per heavy atom. The normalized spacial score (nSPS) is 19.8. The maximum atomic E-state index is 11.4. The number of anilines is 1. The summed E-state index contributed by atoms with van der Waals surface area (Å²) >= 11 is 0. The van der Waals surface area contributed by atoms with Crippen molar-refractivity contribution in [2.24, 2.45) is 5.73 Å². The van der Waals surface area contributed by atoms with E-state index >= 15 is 0 Å². The monoisotopic (exact) mass is 188 g/mol. The van der Waals surface area contributed by atoms with E-state index in [4.69, 9.17) is 5.73 Å². The van der Waals surface area contributed by atoms with E-state index in [9.17, 15) is 4.79 Å². The maximum absolute atomic E-state index is 11.4. The number of hydrogen-bond acceptors (Lipinski definition) is 2. The fraction of sp³-hybridized carbons (Fsp3) is 0.182. The molecule has 3 N–H and O–H groups in total. The lowest BCUT2D eigenvalue weighted by atomic mass is 9.96. The van der Waals surface area contributed by atoms with Gasteiger partial charge in [0, 0.05) is 0 Å². The zero-order valence-corrected chi connectivity index (χ0v) is 7.79. The van der Waals surface area contributed by atoms with E-state index in [0.717, 1.165) is 16.8 Å². The predicted octanol–water partition coefficient (Wildman–Crippen LogP) is 1.15. The van der Waals surface area contributed by atoms with Crippen LogP contribution in [0.5, 0.6) is 0 Å². The van der Waals surface area contributed by atoms with Crippen LogP contribution in [0, 0.1) is 0 Å². The van der Waals surface area contributed by atoms with Crippen molar-refractivity contribution in [2.75, 3.05) is 5.32 Å². The number of benzene rings is 1. The minimum absolute atomic E-state index is 0.119. The number of amides is 1. The molecular weight excluding hydrogens is 176 g/mol. The van der Waals surface area contributed by atoms with Crippen molar-refractivity contribution in [2.45, 2.75) is 12.5 Å². The van der Waals surface area contributed by atoms with Gasteiger partial charge >= 0.3 is 0 Å². The van der Waals surface area contributed by atoms with Crippen molar-refractivity contribution < 1.29 is 4.79 Å². The summed E-state index contributed by atoms with van der Waals surface area (Å²) < 4.78 is 0. The maximum Gasteiger partial charge on any atom is 0.241 e. The Balaban J connectivity index is 2.51. The fourth-order valence-corrected chi connectivity index (χ4v) is 1.66. The third-order valence-electron chi connectivity index (χ3n) is 2.43. The molecule has 1 aliphatic heterocycles. The highest BCUT2D eigenvalue weighted by Crippen LogP contribution is 2.26. The lowest BCUT2D eigenvalue weighted by Gasteiger charge is -2.23. The van der Waals surface area contributed by atoms with E-state index in [2.05, 4.69) is 11.9 Å². The molecule has 1 aromatic rings. The molecule has 3 nitrogen and oxygen atoms in total. The molecule has 1 atom stereocenters. The van der Waals surface area contributed by atoms with Gasteiger partial charge < -0.3 is 11.1 Å². The van der Waals surface area contributed by atoms with Crippen LogP contribution in [-0.4, -0.2) is 11.9 Å². The Kier molecular flexibility index (Phi) is 2.09. The first-order chi connectivity index (χ1) is 6.72. The zero-order chi connectivity index (χ0) is 10.1. The summed E-state index contributed by atoms with van der Waals surface area (Å²) in [5, 5.41) is 2.79. The molecule has 1 aromatic carbocycles. The second-order valence-corrected chi connectivity index (χ2v) is 3.39. The summed E-state index contributed by atoms with van der Waals surface area (Å²) in [6, 6.07) is 5.41. The van der Waals surface area contributed by atoms with Crippen molar-refractivity contribution in [1.82, 2.24) is 0 Å². The molecule has 0 saturated carbocycles. The molecule has 72 valence electrons. The predicted molar refractivity (Wildman–Crippen MR) is 56.8 cm³/mol. The molecule has 0 radical (unpaired) electrons. The van der Waals surface area contributed by atoms with Gasteiger partial charge in [-0.05, 0) is 17.5 Å². The molecule has 0 spiro atoms. The van der Waals surface area contributed by atoms with E-state index in [1.165, 1.54) is 0 Å². The smallest absolute Gasteiger partial charge is 0.241 e. The van der Waals surface area contributed by atoms with Crippen molar-refractivity contribution in [3.8, 4) is 0 Å². The highest BCUT2D eigenvalue weighted by molar-refractivity contribution is 5.99.